The van der Waals surface area contributed by atoms with Gasteiger partial charge in [-0.15, -0.1) is 0 Å². The molecule has 1 N–H and O–H groups in total. The summed E-state index contributed by atoms with van der Waals surface area (Å²) in [5.74, 6) is 0.539. The van der Waals surface area contributed by atoms with Gasteiger partial charge >= 0.3 is 0 Å². The number of nitrogens with one attached hydrogen (secondary N) is 1. The SMILES string of the molecule is Cc1cnn(CC(=O)Nc2cc(C)nn2Cc2ccncc2)c1. The molecule has 3 heterocycles. The van der Waals surface area contributed by atoms with Crippen LogP contribution in [0.2, 0.25) is 0 Å². The average molecular weight is 310 g/mol. The number of nitrogens with zero attached hydrogens (tertiary/aromatic N) is 5. The minimum Gasteiger partial charge on any atom is -0.309 e. The minimum absolute atomic E-state index is 0.135. The van der Waals surface area contributed by atoms with E-state index >= 15 is 0 Å². The Labute approximate surface area is 134 Å². The second-order valence-corrected chi connectivity index (χ2v) is 5.45. The molecule has 0 aliphatic carbocycles. The van der Waals surface area contributed by atoms with Crippen LogP contribution < -0.4 is 5.32 Å². The number of hydrogen-bond donors (Lipinski definition) is 1. The van der Waals surface area contributed by atoms with Crippen molar-refractivity contribution in [3.63, 3.8) is 0 Å². The van der Waals surface area contributed by atoms with Crippen LogP contribution in [0.25, 0.3) is 0 Å². The quantitative estimate of drug-likeness (QED) is 0.779. The molecule has 3 aromatic rings. The van der Waals surface area contributed by atoms with Gasteiger partial charge in [0.2, 0.25) is 5.91 Å². The van der Waals surface area contributed by atoms with E-state index in [9.17, 15) is 4.79 Å². The van der Waals surface area contributed by atoms with Gasteiger partial charge in [0.1, 0.15) is 12.4 Å². The maximum Gasteiger partial charge on any atom is 0.247 e. The lowest BCUT2D eigenvalue weighted by atomic mass is 10.3. The van der Waals surface area contributed by atoms with Gasteiger partial charge in [-0.25, -0.2) is 4.68 Å². The van der Waals surface area contributed by atoms with Crippen LogP contribution >= 0.6 is 0 Å². The first-order valence-corrected chi connectivity index (χ1v) is 7.32. The predicted octanol–water partition coefficient (Wildman–Crippen LogP) is 1.78. The van der Waals surface area contributed by atoms with E-state index in [0.29, 0.717) is 12.4 Å². The molecule has 0 aromatic carbocycles. The third-order valence-corrected chi connectivity index (χ3v) is 3.32. The average Bonchev–Trinajstić information content (AvgIpc) is 3.06. The van der Waals surface area contributed by atoms with Gasteiger partial charge in [-0.2, -0.15) is 10.2 Å². The summed E-state index contributed by atoms with van der Waals surface area (Å²) in [6.07, 6.45) is 7.04. The van der Waals surface area contributed by atoms with Gasteiger partial charge in [0, 0.05) is 24.7 Å². The molecule has 3 rings (SSSR count). The summed E-state index contributed by atoms with van der Waals surface area (Å²) < 4.78 is 3.39. The number of amides is 1. The molecule has 3 aromatic heterocycles. The van der Waals surface area contributed by atoms with Crippen molar-refractivity contribution < 1.29 is 4.79 Å². The molecular weight excluding hydrogens is 292 g/mol. The van der Waals surface area contributed by atoms with Gasteiger partial charge in [-0.05, 0) is 37.1 Å². The second kappa shape index (κ2) is 6.43. The molecule has 0 spiro atoms. The second-order valence-electron chi connectivity index (χ2n) is 5.45. The summed E-state index contributed by atoms with van der Waals surface area (Å²) in [6, 6.07) is 5.71. The first-order valence-electron chi connectivity index (χ1n) is 7.32. The molecule has 23 heavy (non-hydrogen) atoms. The molecule has 7 nitrogen and oxygen atoms in total. The third-order valence-electron chi connectivity index (χ3n) is 3.32. The highest BCUT2D eigenvalue weighted by molar-refractivity contribution is 5.89. The van der Waals surface area contributed by atoms with Gasteiger partial charge in [-0.3, -0.25) is 14.5 Å². The number of aromatic nitrogens is 5. The highest BCUT2D eigenvalue weighted by atomic mass is 16.2. The van der Waals surface area contributed by atoms with Crippen molar-refractivity contribution in [2.24, 2.45) is 0 Å². The Morgan fingerprint density at radius 1 is 1.26 bits per heavy atom. The first kappa shape index (κ1) is 15.0. The molecule has 0 aliphatic heterocycles. The van der Waals surface area contributed by atoms with E-state index in [1.54, 1.807) is 28.0 Å². The standard InChI is InChI=1S/C16H18N6O/c1-12-8-18-21(9-12)11-16(23)19-15-7-13(2)20-22(15)10-14-3-5-17-6-4-14/h3-9H,10-11H2,1-2H3,(H,19,23). The summed E-state index contributed by atoms with van der Waals surface area (Å²) in [6.45, 7) is 4.59. The van der Waals surface area contributed by atoms with Crippen LogP contribution in [-0.4, -0.2) is 30.5 Å². The molecule has 0 fully saturated rings. The van der Waals surface area contributed by atoms with Gasteiger partial charge in [0.05, 0.1) is 18.4 Å². The smallest absolute Gasteiger partial charge is 0.247 e. The van der Waals surface area contributed by atoms with Crippen LogP contribution in [0.5, 0.6) is 0 Å². The summed E-state index contributed by atoms with van der Waals surface area (Å²) in [4.78, 5) is 16.2. The van der Waals surface area contributed by atoms with Crippen molar-refractivity contribution in [3.8, 4) is 0 Å². The molecule has 0 unspecified atom stereocenters. The van der Waals surface area contributed by atoms with E-state index in [0.717, 1.165) is 16.8 Å². The van der Waals surface area contributed by atoms with Crippen molar-refractivity contribution in [2.75, 3.05) is 5.32 Å². The zero-order valence-electron chi connectivity index (χ0n) is 13.1. The van der Waals surface area contributed by atoms with Crippen molar-refractivity contribution in [1.29, 1.82) is 0 Å². The van der Waals surface area contributed by atoms with Crippen LogP contribution in [0.15, 0.2) is 43.0 Å². The van der Waals surface area contributed by atoms with Crippen molar-refractivity contribution in [1.82, 2.24) is 24.5 Å². The molecule has 0 atom stereocenters. The van der Waals surface area contributed by atoms with E-state index < -0.39 is 0 Å². The fraction of sp³-hybridized carbons (Fsp3) is 0.250. The first-order chi connectivity index (χ1) is 11.1. The van der Waals surface area contributed by atoms with Crippen molar-refractivity contribution >= 4 is 11.7 Å². The molecule has 0 bridgehead atoms. The van der Waals surface area contributed by atoms with E-state index in [-0.39, 0.29) is 12.5 Å². The fourth-order valence-electron chi connectivity index (χ4n) is 2.31. The summed E-state index contributed by atoms with van der Waals surface area (Å²) in [5.41, 5.74) is 2.95. The predicted molar refractivity (Wildman–Crippen MR) is 85.9 cm³/mol. The van der Waals surface area contributed by atoms with Crippen molar-refractivity contribution in [2.45, 2.75) is 26.9 Å². The monoisotopic (exact) mass is 310 g/mol. The number of anilines is 1. The Balaban J connectivity index is 1.71. The molecule has 0 radical (unpaired) electrons. The third kappa shape index (κ3) is 3.82. The van der Waals surface area contributed by atoms with Gasteiger partial charge < -0.3 is 5.32 Å². The largest absolute Gasteiger partial charge is 0.309 e. The van der Waals surface area contributed by atoms with E-state index in [4.69, 9.17) is 0 Å². The van der Waals surface area contributed by atoms with E-state index in [1.807, 2.05) is 38.2 Å². The maximum absolute atomic E-state index is 12.2. The number of aryl methyl sites for hydroxylation is 2. The minimum atomic E-state index is -0.135. The van der Waals surface area contributed by atoms with E-state index in [2.05, 4.69) is 20.5 Å². The highest BCUT2D eigenvalue weighted by Gasteiger charge is 2.10. The van der Waals surface area contributed by atoms with E-state index in [1.165, 1.54) is 0 Å². The number of carbonyl (C=O) groups is 1. The lowest BCUT2D eigenvalue weighted by Crippen LogP contribution is -2.21. The van der Waals surface area contributed by atoms with Gasteiger partial charge in [0.25, 0.3) is 0 Å². The zero-order valence-corrected chi connectivity index (χ0v) is 13.1. The Kier molecular flexibility index (Phi) is 4.18. The van der Waals surface area contributed by atoms with Gasteiger partial charge in [0.15, 0.2) is 0 Å². The fourth-order valence-corrected chi connectivity index (χ4v) is 2.31. The summed E-state index contributed by atoms with van der Waals surface area (Å²) in [5, 5.41) is 11.4. The molecule has 1 amide bonds. The van der Waals surface area contributed by atoms with Crippen LogP contribution in [0.3, 0.4) is 0 Å². The van der Waals surface area contributed by atoms with Crippen LogP contribution in [0.1, 0.15) is 16.8 Å². The molecule has 118 valence electrons. The lowest BCUT2D eigenvalue weighted by molar-refractivity contribution is -0.116. The molecule has 7 heteroatoms. The number of carbonyl (C=O) groups excluding carboxylic acids is 1. The number of rotatable bonds is 5. The maximum atomic E-state index is 12.2. The summed E-state index contributed by atoms with van der Waals surface area (Å²) >= 11 is 0. The van der Waals surface area contributed by atoms with Crippen LogP contribution in [-0.2, 0) is 17.9 Å². The van der Waals surface area contributed by atoms with Crippen molar-refractivity contribution in [3.05, 3.63) is 59.8 Å². The highest BCUT2D eigenvalue weighted by Crippen LogP contribution is 2.13. The Bertz CT molecular complexity index is 805. The molecular formula is C16H18N6O. The van der Waals surface area contributed by atoms with Crippen LogP contribution in [0.4, 0.5) is 5.82 Å². The van der Waals surface area contributed by atoms with Crippen LogP contribution in [0, 0.1) is 13.8 Å². The number of pyridine rings is 1. The molecule has 0 saturated carbocycles. The number of hydrogen-bond acceptors (Lipinski definition) is 4. The topological polar surface area (TPSA) is 77.6 Å². The molecule has 0 aliphatic rings. The summed E-state index contributed by atoms with van der Waals surface area (Å²) in [7, 11) is 0. The Hall–Kier alpha value is -2.96. The Morgan fingerprint density at radius 3 is 2.74 bits per heavy atom. The lowest BCUT2D eigenvalue weighted by Gasteiger charge is -2.09. The Morgan fingerprint density at radius 2 is 2.04 bits per heavy atom. The normalized spacial score (nSPS) is 10.7. The van der Waals surface area contributed by atoms with Gasteiger partial charge in [-0.1, -0.05) is 0 Å². The zero-order chi connectivity index (χ0) is 16.2. The molecule has 0 saturated heterocycles.